The van der Waals surface area contributed by atoms with Crippen LogP contribution in [0.2, 0.25) is 0 Å². The van der Waals surface area contributed by atoms with Gasteiger partial charge in [-0.25, -0.2) is 9.79 Å². The monoisotopic (exact) mass is 366 g/mol. The van der Waals surface area contributed by atoms with Crippen molar-refractivity contribution in [2.45, 2.75) is 26.3 Å². The third kappa shape index (κ3) is 3.67. The second kappa shape index (κ2) is 7.42. The van der Waals surface area contributed by atoms with E-state index in [0.717, 1.165) is 49.0 Å². The van der Waals surface area contributed by atoms with Gasteiger partial charge in [-0.15, -0.1) is 0 Å². The van der Waals surface area contributed by atoms with E-state index in [-0.39, 0.29) is 6.03 Å². The van der Waals surface area contributed by atoms with Crippen LogP contribution in [0.3, 0.4) is 0 Å². The number of hydrogen-bond acceptors (Lipinski definition) is 5. The van der Waals surface area contributed by atoms with Gasteiger partial charge in [0.2, 0.25) is 0 Å². The normalized spacial score (nSPS) is 21.7. The van der Waals surface area contributed by atoms with Gasteiger partial charge in [0.15, 0.2) is 0 Å². The Bertz CT molecular complexity index is 806. The highest BCUT2D eigenvalue weighted by atomic mass is 16.2. The van der Waals surface area contributed by atoms with Crippen LogP contribution in [0.5, 0.6) is 0 Å². The average molecular weight is 366 g/mol. The van der Waals surface area contributed by atoms with E-state index in [1.807, 2.05) is 42.4 Å². The fraction of sp³-hybridized carbons (Fsp3) is 0.450. The van der Waals surface area contributed by atoms with Gasteiger partial charge in [-0.1, -0.05) is 25.1 Å². The van der Waals surface area contributed by atoms with E-state index in [1.54, 1.807) is 0 Å². The molecule has 0 bridgehead atoms. The van der Waals surface area contributed by atoms with Crippen LogP contribution < -0.4 is 5.32 Å². The number of para-hydroxylation sites is 1. The van der Waals surface area contributed by atoms with E-state index in [1.165, 1.54) is 0 Å². The molecule has 1 atom stereocenters. The lowest BCUT2D eigenvalue weighted by Crippen LogP contribution is -2.50. The predicted molar refractivity (Wildman–Crippen MR) is 108 cm³/mol. The number of piperazine rings is 1. The largest absolute Gasteiger partial charge is 0.353 e. The molecule has 1 saturated heterocycles. The first kappa shape index (κ1) is 17.6. The number of hydrogen-bond donors (Lipinski definition) is 1. The molecule has 0 spiro atoms. The van der Waals surface area contributed by atoms with Gasteiger partial charge in [0.25, 0.3) is 0 Å². The summed E-state index contributed by atoms with van der Waals surface area (Å²) < 4.78 is 0. The van der Waals surface area contributed by atoms with Gasteiger partial charge in [-0.05, 0) is 25.0 Å². The molecule has 27 heavy (non-hydrogen) atoms. The molecule has 142 valence electrons. The molecule has 2 amide bonds. The van der Waals surface area contributed by atoms with Crippen LogP contribution in [-0.4, -0.2) is 71.7 Å². The maximum Gasteiger partial charge on any atom is 0.321 e. The summed E-state index contributed by atoms with van der Waals surface area (Å²) in [7, 11) is 0. The van der Waals surface area contributed by atoms with Crippen LogP contribution in [-0.2, 0) is 0 Å². The summed E-state index contributed by atoms with van der Waals surface area (Å²) in [5.41, 5.74) is 1.94. The number of carbonyl (C=O) groups excluding carboxylic acids is 1. The van der Waals surface area contributed by atoms with Crippen molar-refractivity contribution >= 4 is 23.9 Å². The predicted octanol–water partition coefficient (Wildman–Crippen LogP) is 2.52. The number of benzene rings is 1. The maximum absolute atomic E-state index is 12.5. The minimum absolute atomic E-state index is 0.0396. The number of urea groups is 1. The van der Waals surface area contributed by atoms with Crippen LogP contribution >= 0.6 is 0 Å². The molecule has 1 aromatic carbocycles. The number of fused-ring (bicyclic) bond motifs is 1. The van der Waals surface area contributed by atoms with Gasteiger partial charge < -0.3 is 20.0 Å². The van der Waals surface area contributed by atoms with E-state index in [0.29, 0.717) is 19.1 Å². The number of nitrogens with zero attached hydrogens (tertiary/aromatic N) is 5. The highest BCUT2D eigenvalue weighted by molar-refractivity contribution is 6.03. The number of aryl methyl sites for hydroxylation is 1. The Labute approximate surface area is 160 Å². The first-order chi connectivity index (χ1) is 13.1. The second-order valence-electron chi connectivity index (χ2n) is 7.17. The summed E-state index contributed by atoms with van der Waals surface area (Å²) in [5, 5.41) is 3.01. The molecule has 0 saturated carbocycles. The maximum atomic E-state index is 12.5. The molecular weight excluding hydrogens is 340 g/mol. The molecule has 0 radical (unpaired) electrons. The highest BCUT2D eigenvalue weighted by Gasteiger charge is 2.27. The SMILES string of the molecule is CC[C@H]1CN2C=NC(N3CCN(C(=O)Nc4ccccc4C)CC3)=CC2=N1. The molecule has 1 fully saturated rings. The summed E-state index contributed by atoms with van der Waals surface area (Å²) >= 11 is 0. The quantitative estimate of drug-likeness (QED) is 0.894. The molecule has 0 aromatic heterocycles. The number of nitrogens with one attached hydrogen (secondary N) is 1. The minimum atomic E-state index is -0.0396. The lowest BCUT2D eigenvalue weighted by Gasteiger charge is -2.36. The van der Waals surface area contributed by atoms with E-state index in [4.69, 9.17) is 4.99 Å². The summed E-state index contributed by atoms with van der Waals surface area (Å²) in [4.78, 5) is 28.1. The van der Waals surface area contributed by atoms with Crippen molar-refractivity contribution in [1.29, 1.82) is 0 Å². The van der Waals surface area contributed by atoms with E-state index < -0.39 is 0 Å². The lowest BCUT2D eigenvalue weighted by molar-refractivity contribution is 0.167. The van der Waals surface area contributed by atoms with Crippen LogP contribution in [0.25, 0.3) is 0 Å². The standard InChI is InChI=1S/C20H26N6O/c1-3-16-13-26-14-21-18(12-19(26)22-16)24-8-10-25(11-9-24)20(27)23-17-7-5-4-6-15(17)2/h4-7,12,14,16H,3,8-11,13H2,1-2H3,(H,23,27)/t16-/m0/s1. The van der Waals surface area contributed by atoms with Crippen LogP contribution in [0.4, 0.5) is 10.5 Å². The van der Waals surface area contributed by atoms with Crippen molar-refractivity contribution in [1.82, 2.24) is 14.7 Å². The van der Waals surface area contributed by atoms with Crippen molar-refractivity contribution in [3.8, 4) is 0 Å². The van der Waals surface area contributed by atoms with Crippen molar-refractivity contribution < 1.29 is 4.79 Å². The number of aliphatic imine (C=N–C) groups is 2. The summed E-state index contributed by atoms with van der Waals surface area (Å²) in [6.45, 7) is 7.99. The molecule has 7 heteroatoms. The smallest absolute Gasteiger partial charge is 0.321 e. The first-order valence-corrected chi connectivity index (χ1v) is 9.61. The Balaban J connectivity index is 1.35. The Morgan fingerprint density at radius 1 is 1.22 bits per heavy atom. The van der Waals surface area contributed by atoms with Gasteiger partial charge in [-0.3, -0.25) is 4.99 Å². The first-order valence-electron chi connectivity index (χ1n) is 9.61. The summed E-state index contributed by atoms with van der Waals surface area (Å²) in [6, 6.07) is 8.17. The molecule has 1 N–H and O–H groups in total. The van der Waals surface area contributed by atoms with Crippen molar-refractivity contribution in [2.24, 2.45) is 9.98 Å². The molecule has 0 unspecified atom stereocenters. The number of amidine groups is 1. The highest BCUT2D eigenvalue weighted by Crippen LogP contribution is 2.20. The molecule has 7 nitrogen and oxygen atoms in total. The fourth-order valence-electron chi connectivity index (χ4n) is 3.57. The number of anilines is 1. The number of rotatable bonds is 3. The van der Waals surface area contributed by atoms with E-state index in [9.17, 15) is 4.79 Å². The fourth-order valence-corrected chi connectivity index (χ4v) is 3.57. The Morgan fingerprint density at radius 3 is 2.74 bits per heavy atom. The van der Waals surface area contributed by atoms with E-state index in [2.05, 4.69) is 33.1 Å². The summed E-state index contributed by atoms with van der Waals surface area (Å²) in [6.07, 6.45) is 5.01. The number of carbonyl (C=O) groups is 1. The van der Waals surface area contributed by atoms with Crippen LogP contribution in [0, 0.1) is 6.92 Å². The molecule has 4 rings (SSSR count). The topological polar surface area (TPSA) is 63.5 Å². The minimum Gasteiger partial charge on any atom is -0.353 e. The van der Waals surface area contributed by atoms with Crippen LogP contribution in [0.1, 0.15) is 18.9 Å². The zero-order valence-electron chi connectivity index (χ0n) is 15.9. The Kier molecular flexibility index (Phi) is 4.83. The zero-order valence-corrected chi connectivity index (χ0v) is 15.9. The van der Waals surface area contributed by atoms with E-state index >= 15 is 0 Å². The molecule has 3 heterocycles. The van der Waals surface area contributed by atoms with Gasteiger partial charge in [-0.2, -0.15) is 0 Å². The van der Waals surface area contributed by atoms with Crippen LogP contribution in [0.15, 0.2) is 46.1 Å². The molecule has 3 aliphatic heterocycles. The van der Waals surface area contributed by atoms with Crippen molar-refractivity contribution in [2.75, 3.05) is 38.0 Å². The Morgan fingerprint density at radius 2 is 2.00 bits per heavy atom. The zero-order chi connectivity index (χ0) is 18.8. The Hall–Kier alpha value is -2.83. The molecular formula is C20H26N6O. The van der Waals surface area contributed by atoms with Gasteiger partial charge >= 0.3 is 6.03 Å². The number of amides is 2. The van der Waals surface area contributed by atoms with Crippen molar-refractivity contribution in [3.63, 3.8) is 0 Å². The third-order valence-electron chi connectivity index (χ3n) is 5.35. The van der Waals surface area contributed by atoms with Gasteiger partial charge in [0.1, 0.15) is 11.7 Å². The second-order valence-corrected chi connectivity index (χ2v) is 7.17. The lowest BCUT2D eigenvalue weighted by atomic mass is 10.2. The summed E-state index contributed by atoms with van der Waals surface area (Å²) in [5.74, 6) is 1.95. The van der Waals surface area contributed by atoms with Crippen molar-refractivity contribution in [3.05, 3.63) is 41.7 Å². The molecule has 1 aromatic rings. The molecule has 3 aliphatic rings. The van der Waals surface area contributed by atoms with Gasteiger partial charge in [0.05, 0.1) is 12.4 Å². The molecule has 0 aliphatic carbocycles. The average Bonchev–Trinajstić information content (AvgIpc) is 3.12. The third-order valence-corrected chi connectivity index (χ3v) is 5.35. The van der Waals surface area contributed by atoms with Gasteiger partial charge in [0, 0.05) is 44.5 Å².